The molecule has 0 saturated carbocycles. The van der Waals surface area contributed by atoms with Gasteiger partial charge in [-0.05, 0) is 103 Å². The topological polar surface area (TPSA) is 134 Å². The molecule has 77 heavy (non-hydrogen) atoms. The third kappa shape index (κ3) is 61.7. The van der Waals surface area contributed by atoms with Crippen LogP contribution in [0.3, 0.4) is 0 Å². The lowest BCUT2D eigenvalue weighted by Gasteiger charge is -2.19. The smallest absolute Gasteiger partial charge is 0.462 e. The summed E-state index contributed by atoms with van der Waals surface area (Å²) in [7, 11) is -4.40. The van der Waals surface area contributed by atoms with E-state index in [0.717, 1.165) is 103 Å². The number of hydrogen-bond acceptors (Lipinski definition) is 8. The number of ether oxygens (including phenoxy) is 2. The minimum atomic E-state index is -4.40. The molecule has 3 N–H and O–H groups in total. The van der Waals surface area contributed by atoms with Crippen molar-refractivity contribution in [1.82, 2.24) is 0 Å². The number of phosphoric acid groups is 1. The van der Waals surface area contributed by atoms with Crippen LogP contribution in [0.1, 0.15) is 271 Å². The number of carbonyl (C=O) groups excluding carboxylic acids is 2. The van der Waals surface area contributed by atoms with Crippen LogP contribution < -0.4 is 5.73 Å². The number of carbonyl (C=O) groups is 2. The van der Waals surface area contributed by atoms with Crippen molar-refractivity contribution in [3.8, 4) is 0 Å². The number of nitrogens with two attached hydrogens (primary N) is 1. The van der Waals surface area contributed by atoms with Crippen LogP contribution in [-0.2, 0) is 32.7 Å². The second kappa shape index (κ2) is 61.9. The Morgan fingerprint density at radius 1 is 0.403 bits per heavy atom. The molecule has 10 heteroatoms. The van der Waals surface area contributed by atoms with Crippen molar-refractivity contribution >= 4 is 19.8 Å². The molecule has 0 radical (unpaired) electrons. The van der Waals surface area contributed by atoms with Crippen LogP contribution >= 0.6 is 7.82 Å². The van der Waals surface area contributed by atoms with Gasteiger partial charge in [-0.1, -0.05) is 264 Å². The first-order valence-electron chi connectivity index (χ1n) is 31.4. The molecule has 0 aliphatic carbocycles. The third-order valence-electron chi connectivity index (χ3n) is 13.1. The molecule has 0 spiro atoms. The van der Waals surface area contributed by atoms with E-state index in [1.54, 1.807) is 0 Å². The molecule has 0 fully saturated rings. The van der Waals surface area contributed by atoms with Crippen molar-refractivity contribution < 1.29 is 37.6 Å². The maximum Gasteiger partial charge on any atom is 0.472 e. The van der Waals surface area contributed by atoms with E-state index in [1.165, 1.54) is 135 Å². The van der Waals surface area contributed by atoms with Gasteiger partial charge in [0, 0.05) is 19.4 Å². The van der Waals surface area contributed by atoms with E-state index in [9.17, 15) is 19.0 Å². The summed E-state index contributed by atoms with van der Waals surface area (Å²) in [5.41, 5.74) is 5.39. The van der Waals surface area contributed by atoms with Gasteiger partial charge in [0.1, 0.15) is 6.61 Å². The molecule has 0 heterocycles. The maximum absolute atomic E-state index is 12.7. The van der Waals surface area contributed by atoms with Crippen LogP contribution in [0.4, 0.5) is 0 Å². The summed E-state index contributed by atoms with van der Waals surface area (Å²) in [5, 5.41) is 0. The second-order valence-electron chi connectivity index (χ2n) is 20.5. The Hall–Kier alpha value is -3.33. The molecule has 9 nitrogen and oxygen atoms in total. The number of esters is 2. The van der Waals surface area contributed by atoms with Crippen LogP contribution in [-0.4, -0.2) is 49.3 Å². The largest absolute Gasteiger partial charge is 0.472 e. The van der Waals surface area contributed by atoms with Crippen LogP contribution in [0.2, 0.25) is 0 Å². The van der Waals surface area contributed by atoms with Crippen LogP contribution in [0.15, 0.2) is 109 Å². The van der Waals surface area contributed by atoms with E-state index in [2.05, 4.69) is 123 Å². The monoisotopic (exact) mass is 1090 g/mol. The molecule has 2 unspecified atom stereocenters. The fourth-order valence-corrected chi connectivity index (χ4v) is 9.30. The van der Waals surface area contributed by atoms with E-state index in [-0.39, 0.29) is 38.6 Å². The van der Waals surface area contributed by atoms with E-state index < -0.39 is 26.5 Å². The van der Waals surface area contributed by atoms with E-state index in [1.807, 2.05) is 0 Å². The number of rotatable bonds is 58. The van der Waals surface area contributed by atoms with Gasteiger partial charge in [-0.25, -0.2) is 4.57 Å². The fraction of sp³-hybridized carbons (Fsp3) is 0.701. The standard InChI is InChI=1S/C67H116NO8P/c1-3-5-7-9-11-13-15-17-19-21-23-25-27-28-29-30-31-32-33-34-35-36-38-40-42-44-46-48-50-52-54-56-58-60-67(70)76-65(64-75-77(71,72)74-62-61-68)63-73-66(69)59-57-55-53-51-49-47-45-43-41-39-37-26-24-22-20-18-16-14-12-10-8-6-4-2/h5,7,11,13,16-19,22-25,28-29,31-32,37,39,65H,3-4,6,8-10,12,14-15,20-21,26-27,30,33-36,38,40-64,68H2,1-2H3,(H,71,72)/b7-5-,13-11-,18-16-,19-17-,24-22-,25-23-,29-28-,32-31-,39-37-. The van der Waals surface area contributed by atoms with E-state index in [4.69, 9.17) is 24.3 Å². The molecule has 0 amide bonds. The highest BCUT2D eigenvalue weighted by Gasteiger charge is 2.26. The molecule has 0 aromatic heterocycles. The SMILES string of the molecule is CC/C=C\C/C=C\C/C=C\C/C=C\C/C=C\C/C=C\CCCCCCCCCCCCCCCCC(=O)OC(COC(=O)CCCCCCCCCC/C=C\C/C=C\C/C=C\CCCCCCC)COP(=O)(O)OCCN. The molecule has 0 aromatic carbocycles. The highest BCUT2D eigenvalue weighted by molar-refractivity contribution is 7.47. The van der Waals surface area contributed by atoms with Gasteiger partial charge in [0.2, 0.25) is 0 Å². The van der Waals surface area contributed by atoms with Crippen molar-refractivity contribution in [2.45, 2.75) is 277 Å². The van der Waals surface area contributed by atoms with Crippen molar-refractivity contribution in [1.29, 1.82) is 0 Å². The molecule has 442 valence electrons. The van der Waals surface area contributed by atoms with Crippen molar-refractivity contribution in [2.24, 2.45) is 5.73 Å². The first kappa shape index (κ1) is 73.7. The van der Waals surface area contributed by atoms with Gasteiger partial charge in [0.15, 0.2) is 6.10 Å². The summed E-state index contributed by atoms with van der Waals surface area (Å²) in [6.07, 6.45) is 84.3. The average Bonchev–Trinajstić information content (AvgIpc) is 3.42. The Kier molecular flexibility index (Phi) is 59.2. The van der Waals surface area contributed by atoms with Gasteiger partial charge >= 0.3 is 19.8 Å². The second-order valence-corrected chi connectivity index (χ2v) is 22.0. The summed E-state index contributed by atoms with van der Waals surface area (Å²) in [5.74, 6) is -0.836. The van der Waals surface area contributed by atoms with Crippen molar-refractivity contribution in [3.05, 3.63) is 109 Å². The first-order chi connectivity index (χ1) is 37.8. The van der Waals surface area contributed by atoms with Gasteiger partial charge < -0.3 is 20.1 Å². The summed E-state index contributed by atoms with van der Waals surface area (Å²) in [4.78, 5) is 35.3. The van der Waals surface area contributed by atoms with Crippen molar-refractivity contribution in [2.75, 3.05) is 26.4 Å². The predicted molar refractivity (Wildman–Crippen MR) is 330 cm³/mol. The molecule has 0 aliphatic heterocycles. The highest BCUT2D eigenvalue weighted by Crippen LogP contribution is 2.43. The first-order valence-corrected chi connectivity index (χ1v) is 32.9. The minimum absolute atomic E-state index is 0.0481. The lowest BCUT2D eigenvalue weighted by Crippen LogP contribution is -2.29. The quantitative estimate of drug-likeness (QED) is 0.0264. The predicted octanol–water partition coefficient (Wildman–Crippen LogP) is 20.2. The minimum Gasteiger partial charge on any atom is -0.462 e. The van der Waals surface area contributed by atoms with Crippen LogP contribution in [0, 0.1) is 0 Å². The molecule has 0 saturated heterocycles. The van der Waals surface area contributed by atoms with Gasteiger partial charge in [-0.15, -0.1) is 0 Å². The lowest BCUT2D eigenvalue weighted by atomic mass is 10.0. The zero-order chi connectivity index (χ0) is 55.9. The highest BCUT2D eigenvalue weighted by atomic mass is 31.2. The molecule has 0 aromatic rings. The molecular weight excluding hydrogens is 978 g/mol. The number of hydrogen-bond donors (Lipinski definition) is 2. The zero-order valence-corrected chi connectivity index (χ0v) is 50.3. The summed E-state index contributed by atoms with van der Waals surface area (Å²) in [6.45, 7) is 3.62. The summed E-state index contributed by atoms with van der Waals surface area (Å²) >= 11 is 0. The molecule has 0 rings (SSSR count). The van der Waals surface area contributed by atoms with Gasteiger partial charge in [-0.2, -0.15) is 0 Å². The maximum atomic E-state index is 12.7. The van der Waals surface area contributed by atoms with Crippen molar-refractivity contribution in [3.63, 3.8) is 0 Å². The van der Waals surface area contributed by atoms with Crippen LogP contribution in [0.25, 0.3) is 0 Å². The Labute approximate surface area is 473 Å². The third-order valence-corrected chi connectivity index (χ3v) is 14.1. The molecule has 2 atom stereocenters. The van der Waals surface area contributed by atoms with Crippen LogP contribution in [0.5, 0.6) is 0 Å². The van der Waals surface area contributed by atoms with Gasteiger partial charge in [0.25, 0.3) is 0 Å². The fourth-order valence-electron chi connectivity index (χ4n) is 8.53. The Balaban J connectivity index is 3.96. The lowest BCUT2D eigenvalue weighted by molar-refractivity contribution is -0.161. The van der Waals surface area contributed by atoms with Gasteiger partial charge in [-0.3, -0.25) is 18.6 Å². The number of unbranched alkanes of at least 4 members (excludes halogenated alkanes) is 27. The Morgan fingerprint density at radius 2 is 0.714 bits per heavy atom. The van der Waals surface area contributed by atoms with Gasteiger partial charge in [0.05, 0.1) is 13.2 Å². The number of phosphoric ester groups is 1. The Bertz CT molecular complexity index is 1630. The molecule has 0 bridgehead atoms. The molecular formula is C67H116NO8P. The Morgan fingerprint density at radius 3 is 1.06 bits per heavy atom. The summed E-state index contributed by atoms with van der Waals surface area (Å²) in [6, 6.07) is 0. The summed E-state index contributed by atoms with van der Waals surface area (Å²) < 4.78 is 33.1. The zero-order valence-electron chi connectivity index (χ0n) is 49.4. The van der Waals surface area contributed by atoms with E-state index in [0.29, 0.717) is 6.42 Å². The van der Waals surface area contributed by atoms with E-state index >= 15 is 0 Å². The normalized spacial score (nSPS) is 13.8. The number of allylic oxidation sites excluding steroid dienone is 18. The average molecular weight is 1090 g/mol. The molecule has 0 aliphatic rings.